The molecular weight excluding hydrogens is 765 g/mol. The van der Waals surface area contributed by atoms with Crippen LogP contribution in [0, 0.1) is 6.92 Å². The number of hydrogen-bond acceptors (Lipinski definition) is 4. The third-order valence-corrected chi connectivity index (χ3v) is 13.1. The van der Waals surface area contributed by atoms with Gasteiger partial charge in [0.1, 0.15) is 17.3 Å². The van der Waals surface area contributed by atoms with E-state index >= 15 is 0 Å². The molecule has 0 amide bonds. The van der Waals surface area contributed by atoms with E-state index in [0.29, 0.717) is 23.0 Å². The first-order chi connectivity index (χ1) is 28.8. The second-order valence-corrected chi connectivity index (χ2v) is 17.3. The van der Waals surface area contributed by atoms with E-state index < -0.39 is 6.96 Å². The lowest BCUT2D eigenvalue weighted by molar-refractivity contribution is -0.929. The highest BCUT2D eigenvalue weighted by Gasteiger charge is 2.52. The number of H-pyrrole nitrogens is 1. The van der Waals surface area contributed by atoms with Crippen LogP contribution in [0.1, 0.15) is 126 Å². The molecule has 1 aromatic heterocycles. The maximum Gasteiger partial charge on any atom is 0.777 e. The molecule has 0 bridgehead atoms. The molecular formula is C51H65BClN3O4. The maximum absolute atomic E-state index is 6.66. The van der Waals surface area contributed by atoms with E-state index in [-0.39, 0.29) is 12.4 Å². The number of quaternary nitrogens is 1. The topological polar surface area (TPSA) is 66.7 Å². The van der Waals surface area contributed by atoms with Gasteiger partial charge >= 0.3 is 6.96 Å². The van der Waals surface area contributed by atoms with Crippen molar-refractivity contribution >= 4 is 24.0 Å². The van der Waals surface area contributed by atoms with E-state index in [4.69, 9.17) is 18.6 Å². The van der Waals surface area contributed by atoms with Crippen molar-refractivity contribution in [1.29, 1.82) is 0 Å². The van der Waals surface area contributed by atoms with Crippen LogP contribution in [0.4, 0.5) is 0 Å². The van der Waals surface area contributed by atoms with E-state index in [0.717, 1.165) is 48.5 Å². The summed E-state index contributed by atoms with van der Waals surface area (Å²) in [4.78, 5) is 7.35. The minimum Gasteiger partial charge on any atom is -1.00 e. The Morgan fingerprint density at radius 1 is 0.633 bits per heavy atom. The highest BCUT2D eigenvalue weighted by atomic mass is 35.5. The zero-order chi connectivity index (χ0) is 41.0. The van der Waals surface area contributed by atoms with E-state index in [9.17, 15) is 0 Å². The molecule has 318 valence electrons. The number of halogens is 1. The molecule has 7 nitrogen and oxygen atoms in total. The van der Waals surface area contributed by atoms with Crippen LogP contribution in [-0.4, -0.2) is 48.3 Å². The quantitative estimate of drug-likeness (QED) is 0.108. The van der Waals surface area contributed by atoms with Crippen LogP contribution >= 0.6 is 0 Å². The van der Waals surface area contributed by atoms with Crippen LogP contribution in [0.2, 0.25) is 0 Å². The van der Waals surface area contributed by atoms with Crippen LogP contribution in [-0.2, 0) is 28.6 Å². The number of nitrogens with zero attached hydrogens (tertiary/aromatic N) is 1. The fourth-order valence-corrected chi connectivity index (χ4v) is 9.91. The standard InChI is InChI=1S/C35H28BN2O4.C16H36N.ClH/c1-20-24-17-15-22-9-3-5-11-26(22)32(24)34(37-20)30-19-31(42-36(41-30)39-28-13-7-8-14-29(28)40-36)35-33-25(21(2)38-35)18-16-23-10-4-6-12-27(23)33;1-5-9-13-17(14-10-6-2,15-11-7-3)16-12-8-4;/h3-14,19,37H,15-18H2,1-2H3;5-16H2,1-4H3;1H/q-1;+1;/b35-31+;;. The van der Waals surface area contributed by atoms with Crippen molar-refractivity contribution in [3.05, 3.63) is 130 Å². The Hall–Kier alpha value is -4.66. The van der Waals surface area contributed by atoms with E-state index in [1.54, 1.807) is 0 Å². The van der Waals surface area contributed by atoms with Gasteiger partial charge in [-0.1, -0.05) is 114 Å². The van der Waals surface area contributed by atoms with Gasteiger partial charge in [-0.2, -0.15) is 0 Å². The number of aryl methyl sites for hydroxylation is 3. The third-order valence-electron chi connectivity index (χ3n) is 13.1. The molecule has 2 N–H and O–H groups in total. The Kier molecular flexibility index (Phi) is 13.7. The predicted molar refractivity (Wildman–Crippen MR) is 242 cm³/mol. The summed E-state index contributed by atoms with van der Waals surface area (Å²) >= 11 is 0. The van der Waals surface area contributed by atoms with Gasteiger partial charge in [-0.25, -0.2) is 4.99 Å². The van der Waals surface area contributed by atoms with Gasteiger partial charge in [0.15, 0.2) is 11.5 Å². The number of aromatic amines is 1. The number of rotatable bonds is 13. The predicted octanol–water partition coefficient (Wildman–Crippen LogP) is 7.56. The van der Waals surface area contributed by atoms with Gasteiger partial charge in [-0.05, 0) is 98.2 Å². The van der Waals surface area contributed by atoms with Gasteiger partial charge < -0.3 is 40.5 Å². The van der Waals surface area contributed by atoms with Gasteiger partial charge in [-0.3, -0.25) is 0 Å². The van der Waals surface area contributed by atoms with Gasteiger partial charge in [0.25, 0.3) is 0 Å². The molecule has 4 heterocycles. The molecule has 9 heteroatoms. The van der Waals surface area contributed by atoms with Crippen LogP contribution in [0.5, 0.6) is 11.5 Å². The first-order valence-corrected chi connectivity index (χ1v) is 22.8. The number of hydrogen-bond donors (Lipinski definition) is 2. The van der Waals surface area contributed by atoms with Crippen LogP contribution in [0.3, 0.4) is 0 Å². The molecule has 0 atom stereocenters. The Bertz CT molecular complexity index is 2240. The van der Waals surface area contributed by atoms with Crippen molar-refractivity contribution in [2.24, 2.45) is 0 Å². The lowest BCUT2D eigenvalue weighted by Gasteiger charge is -2.40. The molecule has 0 fully saturated rings. The molecule has 5 aliphatic rings. The minimum atomic E-state index is -2.66. The van der Waals surface area contributed by atoms with Gasteiger partial charge in [0, 0.05) is 29.8 Å². The van der Waals surface area contributed by atoms with E-state index in [1.165, 1.54) is 127 Å². The Balaban J connectivity index is 0.000000260. The summed E-state index contributed by atoms with van der Waals surface area (Å²) in [6, 6.07) is 24.9. The number of nitrogens with one attached hydrogen (secondary N) is 2. The molecule has 4 aromatic rings. The molecule has 1 spiro atoms. The average molecular weight is 830 g/mol. The lowest BCUT2D eigenvalue weighted by atomic mass is 9.83. The molecule has 0 saturated carbocycles. The number of fused-ring (bicyclic) bond motifs is 6. The van der Waals surface area contributed by atoms with E-state index in [2.05, 4.69) is 100 Å². The average Bonchev–Trinajstić information content (AvgIpc) is 3.93. The molecule has 60 heavy (non-hydrogen) atoms. The second kappa shape index (κ2) is 18.9. The monoisotopic (exact) mass is 829 g/mol. The SMILES string of the molecule is CC1=[NH+]/C(=C2\C=C(c3[nH]c(C)c4c3-c3ccccc3CC4)O[B-]3(O2)Oc2ccccc2O3)C2=C1CCc1ccccc12.CCCC[N+](CCCC)(CCCC)CCCC.[Cl-]. The molecule has 3 aromatic carbocycles. The highest BCUT2D eigenvalue weighted by Crippen LogP contribution is 2.47. The van der Waals surface area contributed by atoms with Crippen molar-refractivity contribution in [1.82, 2.24) is 4.98 Å². The summed E-state index contributed by atoms with van der Waals surface area (Å²) in [6.45, 7) is 16.6. The molecule has 2 aliphatic carbocycles. The first-order valence-electron chi connectivity index (χ1n) is 22.8. The normalized spacial score (nSPS) is 17.8. The molecule has 9 rings (SSSR count). The summed E-state index contributed by atoms with van der Waals surface area (Å²) in [6.07, 6.45) is 17.0. The number of aromatic nitrogens is 1. The third kappa shape index (κ3) is 8.60. The summed E-state index contributed by atoms with van der Waals surface area (Å²) in [5, 5.41) is 0. The van der Waals surface area contributed by atoms with Crippen molar-refractivity contribution in [2.75, 3.05) is 26.2 Å². The Labute approximate surface area is 365 Å². The zero-order valence-corrected chi connectivity index (χ0v) is 37.6. The van der Waals surface area contributed by atoms with Crippen molar-refractivity contribution in [2.45, 2.75) is 119 Å². The van der Waals surface area contributed by atoms with Crippen LogP contribution < -0.4 is 26.7 Å². The van der Waals surface area contributed by atoms with Gasteiger partial charge in [-0.15, -0.1) is 0 Å². The van der Waals surface area contributed by atoms with Gasteiger partial charge in [0.05, 0.1) is 37.4 Å². The molecule has 3 aliphatic heterocycles. The van der Waals surface area contributed by atoms with Crippen LogP contribution in [0.25, 0.3) is 22.5 Å². The number of benzene rings is 3. The lowest BCUT2D eigenvalue weighted by Crippen LogP contribution is -3.00. The van der Waals surface area contributed by atoms with Crippen molar-refractivity contribution in [3.8, 4) is 22.6 Å². The summed E-state index contributed by atoms with van der Waals surface area (Å²) < 4.78 is 27.5. The fourth-order valence-electron chi connectivity index (χ4n) is 9.91. The number of unbranched alkanes of at least 4 members (excludes halogenated alkanes) is 4. The molecule has 0 radical (unpaired) electrons. The van der Waals surface area contributed by atoms with Crippen molar-refractivity contribution < 1.29 is 40.5 Å². The van der Waals surface area contributed by atoms with Gasteiger partial charge in [0.2, 0.25) is 5.70 Å². The first kappa shape index (κ1) is 43.4. The Morgan fingerprint density at radius 2 is 1.17 bits per heavy atom. The van der Waals surface area contributed by atoms with Crippen LogP contribution in [0.15, 0.2) is 95.9 Å². The van der Waals surface area contributed by atoms with E-state index in [1.807, 2.05) is 30.3 Å². The zero-order valence-electron chi connectivity index (χ0n) is 36.9. The smallest absolute Gasteiger partial charge is 0.777 e. The van der Waals surface area contributed by atoms with Crippen molar-refractivity contribution in [3.63, 3.8) is 0 Å². The highest BCUT2D eigenvalue weighted by molar-refractivity contribution is 6.58. The minimum absolute atomic E-state index is 0. The summed E-state index contributed by atoms with van der Waals surface area (Å²) in [7, 11) is 0. The number of para-hydroxylation sites is 2. The molecule has 0 unspecified atom stereocenters. The Morgan fingerprint density at radius 3 is 1.77 bits per heavy atom. The fraction of sp³-hybridized carbons (Fsp3) is 0.431. The molecule has 0 saturated heterocycles. The summed E-state index contributed by atoms with van der Waals surface area (Å²) in [5.41, 5.74) is 14.3. The number of allylic oxidation sites excluding steroid dienone is 3. The maximum atomic E-state index is 6.66. The largest absolute Gasteiger partial charge is 1.00 e. The summed E-state index contributed by atoms with van der Waals surface area (Å²) in [5.74, 6) is 2.47. The second-order valence-electron chi connectivity index (χ2n) is 17.3.